The normalized spacial score (nSPS) is 13.1. The third kappa shape index (κ3) is 4.01. The molecular formula is C14H14ClFN2O2S. The molecule has 0 bridgehead atoms. The number of hydrogen-bond acceptors (Lipinski definition) is 3. The molecule has 3 N–H and O–H groups in total. The van der Waals surface area contributed by atoms with Crippen LogP contribution in [0.4, 0.5) is 4.39 Å². The van der Waals surface area contributed by atoms with Gasteiger partial charge in [-0.3, -0.25) is 0 Å². The van der Waals surface area contributed by atoms with Gasteiger partial charge in [0.25, 0.3) is 0 Å². The molecule has 0 heterocycles. The molecule has 0 aliphatic heterocycles. The molecule has 2 aromatic rings. The van der Waals surface area contributed by atoms with E-state index in [1.165, 1.54) is 0 Å². The van der Waals surface area contributed by atoms with E-state index in [4.69, 9.17) is 17.3 Å². The van der Waals surface area contributed by atoms with Gasteiger partial charge in [0.2, 0.25) is 10.0 Å². The van der Waals surface area contributed by atoms with Gasteiger partial charge in [-0.25, -0.2) is 17.5 Å². The highest BCUT2D eigenvalue weighted by Gasteiger charge is 2.17. The minimum absolute atomic E-state index is 0.0291. The molecule has 7 heteroatoms. The topological polar surface area (TPSA) is 72.2 Å². The Balaban J connectivity index is 2.09. The Morgan fingerprint density at radius 3 is 2.48 bits per heavy atom. The number of sulfonamides is 1. The molecule has 0 aromatic heterocycles. The van der Waals surface area contributed by atoms with Crippen LogP contribution in [-0.4, -0.2) is 15.0 Å². The lowest BCUT2D eigenvalue weighted by Crippen LogP contribution is -2.32. The predicted octanol–water partition coefficient (Wildman–Crippen LogP) is 2.46. The highest BCUT2D eigenvalue weighted by atomic mass is 35.5. The molecule has 1 unspecified atom stereocenters. The lowest BCUT2D eigenvalue weighted by molar-refractivity contribution is 0.571. The molecule has 0 fully saturated rings. The molecule has 0 aliphatic carbocycles. The summed E-state index contributed by atoms with van der Waals surface area (Å²) in [6, 6.07) is 11.9. The van der Waals surface area contributed by atoms with Crippen LogP contribution in [0.1, 0.15) is 11.6 Å². The highest BCUT2D eigenvalue weighted by molar-refractivity contribution is 7.89. The first-order valence-corrected chi connectivity index (χ1v) is 8.01. The minimum Gasteiger partial charge on any atom is -0.323 e. The summed E-state index contributed by atoms with van der Waals surface area (Å²) < 4.78 is 39.6. The summed E-state index contributed by atoms with van der Waals surface area (Å²) in [6.45, 7) is 0.0291. The average Bonchev–Trinajstić information content (AvgIpc) is 2.48. The van der Waals surface area contributed by atoms with Crippen molar-refractivity contribution < 1.29 is 12.8 Å². The minimum atomic E-state index is -3.78. The van der Waals surface area contributed by atoms with Crippen LogP contribution < -0.4 is 10.5 Å². The van der Waals surface area contributed by atoms with Crippen LogP contribution >= 0.6 is 11.6 Å². The molecule has 112 valence electrons. The van der Waals surface area contributed by atoms with Crippen LogP contribution in [0.15, 0.2) is 53.4 Å². The maximum Gasteiger partial charge on any atom is 0.240 e. The van der Waals surface area contributed by atoms with Gasteiger partial charge < -0.3 is 5.73 Å². The molecule has 2 aromatic carbocycles. The molecule has 0 aliphatic rings. The van der Waals surface area contributed by atoms with E-state index < -0.39 is 21.9 Å². The summed E-state index contributed by atoms with van der Waals surface area (Å²) >= 11 is 5.59. The monoisotopic (exact) mass is 328 g/mol. The van der Waals surface area contributed by atoms with Crippen LogP contribution in [0, 0.1) is 5.82 Å². The predicted molar refractivity (Wildman–Crippen MR) is 80.0 cm³/mol. The molecule has 0 spiro atoms. The van der Waals surface area contributed by atoms with Crippen molar-refractivity contribution in [2.75, 3.05) is 6.54 Å². The largest absolute Gasteiger partial charge is 0.323 e. The highest BCUT2D eigenvalue weighted by Crippen LogP contribution is 2.19. The Bertz CT molecular complexity index is 723. The second-order valence-electron chi connectivity index (χ2n) is 4.44. The van der Waals surface area contributed by atoms with Crippen molar-refractivity contribution in [3.8, 4) is 0 Å². The van der Waals surface area contributed by atoms with E-state index >= 15 is 0 Å². The number of halogens is 2. The van der Waals surface area contributed by atoms with E-state index in [1.54, 1.807) is 0 Å². The van der Waals surface area contributed by atoms with Gasteiger partial charge in [-0.05, 0) is 23.8 Å². The van der Waals surface area contributed by atoms with E-state index in [0.717, 1.165) is 23.8 Å². The number of benzene rings is 2. The van der Waals surface area contributed by atoms with Crippen molar-refractivity contribution in [2.45, 2.75) is 10.9 Å². The summed E-state index contributed by atoms with van der Waals surface area (Å²) in [5.41, 5.74) is 6.74. The summed E-state index contributed by atoms with van der Waals surface area (Å²) in [5.74, 6) is -0.670. The van der Waals surface area contributed by atoms with Gasteiger partial charge in [0.15, 0.2) is 0 Å². The lowest BCUT2D eigenvalue weighted by atomic mass is 10.1. The molecule has 0 saturated heterocycles. The van der Waals surface area contributed by atoms with Crippen LogP contribution in [0.5, 0.6) is 0 Å². The van der Waals surface area contributed by atoms with E-state index in [2.05, 4.69) is 4.72 Å². The Kier molecular flexibility index (Phi) is 4.95. The van der Waals surface area contributed by atoms with Crippen molar-refractivity contribution in [3.63, 3.8) is 0 Å². The van der Waals surface area contributed by atoms with Crippen molar-refractivity contribution in [2.24, 2.45) is 5.73 Å². The van der Waals surface area contributed by atoms with Gasteiger partial charge in [-0.15, -0.1) is 0 Å². The Morgan fingerprint density at radius 1 is 1.19 bits per heavy atom. The molecule has 0 saturated carbocycles. The Morgan fingerprint density at radius 2 is 1.86 bits per heavy atom. The first kappa shape index (κ1) is 15.9. The second-order valence-corrected chi connectivity index (χ2v) is 6.62. The van der Waals surface area contributed by atoms with Gasteiger partial charge in [-0.2, -0.15) is 0 Å². The molecule has 0 radical (unpaired) electrons. The zero-order valence-electron chi connectivity index (χ0n) is 11.0. The van der Waals surface area contributed by atoms with Gasteiger partial charge in [-0.1, -0.05) is 41.9 Å². The SMILES string of the molecule is NC(CNS(=O)(=O)c1ccc(F)c(Cl)c1)c1ccccc1. The van der Waals surface area contributed by atoms with E-state index in [9.17, 15) is 12.8 Å². The number of nitrogens with two attached hydrogens (primary N) is 1. The van der Waals surface area contributed by atoms with Crippen molar-refractivity contribution >= 4 is 21.6 Å². The molecule has 2 rings (SSSR count). The van der Waals surface area contributed by atoms with Crippen LogP contribution in [0.25, 0.3) is 0 Å². The molecule has 4 nitrogen and oxygen atoms in total. The smallest absolute Gasteiger partial charge is 0.240 e. The number of rotatable bonds is 5. The van der Waals surface area contributed by atoms with E-state index in [-0.39, 0.29) is 16.5 Å². The Hall–Kier alpha value is -1.47. The van der Waals surface area contributed by atoms with Crippen LogP contribution in [0.3, 0.4) is 0 Å². The Labute approximate surface area is 127 Å². The summed E-state index contributed by atoms with van der Waals surface area (Å²) in [7, 11) is -3.78. The second kappa shape index (κ2) is 6.53. The fraction of sp³-hybridized carbons (Fsp3) is 0.143. The lowest BCUT2D eigenvalue weighted by Gasteiger charge is -2.13. The molecule has 1 atom stereocenters. The van der Waals surface area contributed by atoms with Gasteiger partial charge >= 0.3 is 0 Å². The number of nitrogens with one attached hydrogen (secondary N) is 1. The standard InChI is InChI=1S/C14H14ClFN2O2S/c15-12-8-11(6-7-13(12)16)21(19,20)18-9-14(17)10-4-2-1-3-5-10/h1-8,14,18H,9,17H2. The van der Waals surface area contributed by atoms with Gasteiger partial charge in [0.05, 0.1) is 9.92 Å². The third-order valence-corrected chi connectivity index (χ3v) is 4.63. The van der Waals surface area contributed by atoms with E-state index in [1.807, 2.05) is 30.3 Å². The third-order valence-electron chi connectivity index (χ3n) is 2.92. The first-order valence-electron chi connectivity index (χ1n) is 6.15. The van der Waals surface area contributed by atoms with Gasteiger partial charge in [0, 0.05) is 12.6 Å². The quantitative estimate of drug-likeness (QED) is 0.885. The fourth-order valence-corrected chi connectivity index (χ4v) is 3.08. The summed E-state index contributed by atoms with van der Waals surface area (Å²) in [5, 5.41) is -0.245. The van der Waals surface area contributed by atoms with E-state index in [0.29, 0.717) is 0 Å². The fourth-order valence-electron chi connectivity index (χ4n) is 1.74. The van der Waals surface area contributed by atoms with Crippen LogP contribution in [0.2, 0.25) is 5.02 Å². The van der Waals surface area contributed by atoms with Crippen molar-refractivity contribution in [1.29, 1.82) is 0 Å². The van der Waals surface area contributed by atoms with Crippen molar-refractivity contribution in [1.82, 2.24) is 4.72 Å². The maximum absolute atomic E-state index is 13.1. The number of hydrogen-bond donors (Lipinski definition) is 2. The van der Waals surface area contributed by atoms with Crippen molar-refractivity contribution in [3.05, 3.63) is 64.9 Å². The maximum atomic E-state index is 13.1. The summed E-state index contributed by atoms with van der Waals surface area (Å²) in [6.07, 6.45) is 0. The summed E-state index contributed by atoms with van der Waals surface area (Å²) in [4.78, 5) is -0.103. The van der Waals surface area contributed by atoms with Crippen LogP contribution in [-0.2, 0) is 10.0 Å². The molecule has 0 amide bonds. The zero-order chi connectivity index (χ0) is 15.5. The average molecular weight is 329 g/mol. The first-order chi connectivity index (χ1) is 9.90. The molecular weight excluding hydrogens is 315 g/mol. The van der Waals surface area contributed by atoms with Gasteiger partial charge in [0.1, 0.15) is 5.82 Å². The zero-order valence-corrected chi connectivity index (χ0v) is 12.5. The molecule has 21 heavy (non-hydrogen) atoms.